The number of carbonyl (C=O) groups is 2. The lowest BCUT2D eigenvalue weighted by Crippen LogP contribution is -2.42. The van der Waals surface area contributed by atoms with Crippen LogP contribution in [0.15, 0.2) is 24.4 Å². The van der Waals surface area contributed by atoms with Gasteiger partial charge in [-0.3, -0.25) is 9.78 Å². The number of ether oxygens (including phenoxy) is 1. The molecule has 0 aromatic carbocycles. The quantitative estimate of drug-likeness (QED) is 0.620. The van der Waals surface area contributed by atoms with Gasteiger partial charge in [-0.25, -0.2) is 4.79 Å². The Balaban J connectivity index is 1.78. The number of hydrogen-bond acceptors (Lipinski definition) is 5. The highest BCUT2D eigenvalue weighted by molar-refractivity contribution is 5.68. The van der Waals surface area contributed by atoms with E-state index >= 15 is 0 Å². The summed E-state index contributed by atoms with van der Waals surface area (Å²) in [6, 6.07) is 5.24. The van der Waals surface area contributed by atoms with Crippen molar-refractivity contribution in [3.63, 3.8) is 0 Å². The van der Waals surface area contributed by atoms with E-state index in [1.807, 2.05) is 20.8 Å². The fraction of sp³-hybridized carbons (Fsp3) is 0.632. The van der Waals surface area contributed by atoms with Crippen molar-refractivity contribution in [1.82, 2.24) is 14.8 Å². The minimum absolute atomic E-state index is 0.268. The standard InChI is InChI=1S/C19H29N3O4/c1-19(2,3)26-18(25)21-11-7-15(8-12-21)9-13-22(14-23)17(24)16-6-4-5-10-20-16/h4-6,10,14-15,17,24H,7-9,11-13H2,1-3H3. The first-order valence-corrected chi connectivity index (χ1v) is 9.08. The lowest BCUT2D eigenvalue weighted by atomic mass is 9.93. The van der Waals surface area contributed by atoms with E-state index in [4.69, 9.17) is 4.74 Å². The van der Waals surface area contributed by atoms with Crippen molar-refractivity contribution in [2.24, 2.45) is 5.92 Å². The maximum absolute atomic E-state index is 12.1. The summed E-state index contributed by atoms with van der Waals surface area (Å²) >= 11 is 0. The van der Waals surface area contributed by atoms with E-state index in [0.29, 0.717) is 37.7 Å². The highest BCUT2D eigenvalue weighted by atomic mass is 16.6. The van der Waals surface area contributed by atoms with Gasteiger partial charge in [0.15, 0.2) is 6.23 Å². The van der Waals surface area contributed by atoms with Crippen molar-refractivity contribution in [3.05, 3.63) is 30.1 Å². The van der Waals surface area contributed by atoms with Crippen LogP contribution in [-0.4, -0.2) is 57.6 Å². The summed E-state index contributed by atoms with van der Waals surface area (Å²) in [7, 11) is 0. The first-order chi connectivity index (χ1) is 12.3. The number of aliphatic hydroxyl groups excluding tert-OH is 1. The zero-order valence-corrected chi connectivity index (χ0v) is 15.8. The molecule has 1 atom stereocenters. The number of aliphatic hydroxyl groups is 1. The van der Waals surface area contributed by atoms with Crippen LogP contribution < -0.4 is 0 Å². The van der Waals surface area contributed by atoms with E-state index in [1.165, 1.54) is 4.90 Å². The Hall–Kier alpha value is -2.15. The summed E-state index contributed by atoms with van der Waals surface area (Å²) in [6.07, 6.45) is 3.47. The summed E-state index contributed by atoms with van der Waals surface area (Å²) in [6.45, 7) is 7.35. The van der Waals surface area contributed by atoms with Gasteiger partial charge in [0, 0.05) is 25.8 Å². The summed E-state index contributed by atoms with van der Waals surface area (Å²) in [5, 5.41) is 10.3. The minimum Gasteiger partial charge on any atom is -0.444 e. The van der Waals surface area contributed by atoms with Crippen LogP contribution in [0, 0.1) is 5.92 Å². The minimum atomic E-state index is -1.03. The summed E-state index contributed by atoms with van der Waals surface area (Å²) in [5.74, 6) is 0.409. The molecule has 7 nitrogen and oxygen atoms in total. The fourth-order valence-electron chi connectivity index (χ4n) is 2.99. The number of likely N-dealkylation sites (tertiary alicyclic amines) is 1. The van der Waals surface area contributed by atoms with Gasteiger partial charge in [-0.15, -0.1) is 0 Å². The molecule has 1 aromatic heterocycles. The molecule has 2 rings (SSSR count). The van der Waals surface area contributed by atoms with Crippen LogP contribution in [-0.2, 0) is 9.53 Å². The van der Waals surface area contributed by atoms with Gasteiger partial charge in [-0.1, -0.05) is 6.07 Å². The topological polar surface area (TPSA) is 83.0 Å². The van der Waals surface area contributed by atoms with Crippen LogP contribution >= 0.6 is 0 Å². The van der Waals surface area contributed by atoms with E-state index in [0.717, 1.165) is 19.3 Å². The maximum atomic E-state index is 12.1. The second-order valence-corrected chi connectivity index (χ2v) is 7.67. The van der Waals surface area contributed by atoms with Crippen LogP contribution in [0.2, 0.25) is 0 Å². The van der Waals surface area contributed by atoms with Gasteiger partial charge < -0.3 is 19.6 Å². The highest BCUT2D eigenvalue weighted by Crippen LogP contribution is 2.24. The molecule has 0 bridgehead atoms. The molecule has 0 saturated carbocycles. The van der Waals surface area contributed by atoms with Crippen molar-refractivity contribution in [2.75, 3.05) is 19.6 Å². The van der Waals surface area contributed by atoms with Gasteiger partial charge >= 0.3 is 6.09 Å². The van der Waals surface area contributed by atoms with Gasteiger partial charge in [-0.2, -0.15) is 0 Å². The van der Waals surface area contributed by atoms with Gasteiger partial charge in [-0.05, 0) is 58.1 Å². The molecule has 1 aliphatic heterocycles. The van der Waals surface area contributed by atoms with E-state index < -0.39 is 11.8 Å². The predicted molar refractivity (Wildman–Crippen MR) is 97.1 cm³/mol. The van der Waals surface area contributed by atoms with Crippen LogP contribution in [0.1, 0.15) is 52.0 Å². The SMILES string of the molecule is CC(C)(C)OC(=O)N1CCC(CCN(C=O)C(O)c2ccccn2)CC1. The third-order valence-corrected chi connectivity index (χ3v) is 4.46. The molecule has 0 radical (unpaired) electrons. The maximum Gasteiger partial charge on any atom is 0.410 e. The number of aromatic nitrogens is 1. The average molecular weight is 363 g/mol. The lowest BCUT2D eigenvalue weighted by Gasteiger charge is -2.34. The van der Waals surface area contributed by atoms with Crippen LogP contribution in [0.25, 0.3) is 0 Å². The Bertz CT molecular complexity index is 580. The Labute approximate surface area is 155 Å². The first-order valence-electron chi connectivity index (χ1n) is 9.08. The van der Waals surface area contributed by atoms with Crippen molar-refractivity contribution in [3.8, 4) is 0 Å². The molecule has 0 aliphatic carbocycles. The third-order valence-electron chi connectivity index (χ3n) is 4.46. The number of carbonyl (C=O) groups excluding carboxylic acids is 2. The Morgan fingerprint density at radius 1 is 1.42 bits per heavy atom. The van der Waals surface area contributed by atoms with E-state index in [-0.39, 0.29) is 6.09 Å². The van der Waals surface area contributed by atoms with E-state index in [1.54, 1.807) is 29.3 Å². The molecular formula is C19H29N3O4. The van der Waals surface area contributed by atoms with Crippen LogP contribution in [0.4, 0.5) is 4.79 Å². The summed E-state index contributed by atoms with van der Waals surface area (Å²) in [5.41, 5.74) is -0.0284. The molecule has 1 saturated heterocycles. The molecular weight excluding hydrogens is 334 g/mol. The molecule has 1 N–H and O–H groups in total. The van der Waals surface area contributed by atoms with Gasteiger partial charge in [0.25, 0.3) is 0 Å². The summed E-state index contributed by atoms with van der Waals surface area (Å²) < 4.78 is 5.40. The number of amides is 2. The molecule has 1 aromatic rings. The van der Waals surface area contributed by atoms with Crippen molar-refractivity contribution >= 4 is 12.5 Å². The molecule has 2 heterocycles. The third kappa shape index (κ3) is 5.98. The molecule has 0 spiro atoms. The van der Waals surface area contributed by atoms with Gasteiger partial charge in [0.05, 0.1) is 5.69 Å². The molecule has 1 unspecified atom stereocenters. The van der Waals surface area contributed by atoms with Crippen LogP contribution in [0.5, 0.6) is 0 Å². The monoisotopic (exact) mass is 363 g/mol. The normalized spacial score (nSPS) is 16.8. The second-order valence-electron chi connectivity index (χ2n) is 7.67. The predicted octanol–water partition coefficient (Wildman–Crippen LogP) is 2.57. The Morgan fingerprint density at radius 2 is 2.12 bits per heavy atom. The average Bonchev–Trinajstić information content (AvgIpc) is 2.62. The lowest BCUT2D eigenvalue weighted by molar-refractivity contribution is -0.128. The van der Waals surface area contributed by atoms with Crippen molar-refractivity contribution < 1.29 is 19.4 Å². The number of nitrogens with zero attached hydrogens (tertiary/aromatic N) is 3. The molecule has 1 fully saturated rings. The van der Waals surface area contributed by atoms with Gasteiger partial charge in [0.1, 0.15) is 5.60 Å². The molecule has 1 aliphatic rings. The second kappa shape index (κ2) is 8.98. The number of rotatable bonds is 6. The zero-order chi connectivity index (χ0) is 19.2. The number of pyridine rings is 1. The number of piperidine rings is 1. The summed E-state index contributed by atoms with van der Waals surface area (Å²) in [4.78, 5) is 30.6. The highest BCUT2D eigenvalue weighted by Gasteiger charge is 2.27. The molecule has 2 amide bonds. The van der Waals surface area contributed by atoms with Gasteiger partial charge in [0.2, 0.25) is 6.41 Å². The van der Waals surface area contributed by atoms with E-state index in [9.17, 15) is 14.7 Å². The molecule has 26 heavy (non-hydrogen) atoms. The van der Waals surface area contributed by atoms with E-state index in [2.05, 4.69) is 4.98 Å². The van der Waals surface area contributed by atoms with Crippen LogP contribution in [0.3, 0.4) is 0 Å². The smallest absolute Gasteiger partial charge is 0.410 e. The van der Waals surface area contributed by atoms with Crippen molar-refractivity contribution in [1.29, 1.82) is 0 Å². The first kappa shape index (κ1) is 20.2. The molecule has 7 heteroatoms. The molecule has 144 valence electrons. The number of hydrogen-bond donors (Lipinski definition) is 1. The Kier molecular flexibility index (Phi) is 6.97. The Morgan fingerprint density at radius 3 is 2.65 bits per heavy atom. The zero-order valence-electron chi connectivity index (χ0n) is 15.8. The van der Waals surface area contributed by atoms with Crippen molar-refractivity contribution in [2.45, 2.75) is 51.9 Å². The largest absolute Gasteiger partial charge is 0.444 e. The fourth-order valence-corrected chi connectivity index (χ4v) is 2.99.